The van der Waals surface area contributed by atoms with E-state index in [0.717, 1.165) is 16.7 Å². The van der Waals surface area contributed by atoms with E-state index in [1.54, 1.807) is 0 Å². The van der Waals surface area contributed by atoms with Crippen LogP contribution in [0.15, 0.2) is 47.5 Å². The molecule has 1 aliphatic carbocycles. The maximum atomic E-state index is 10.9. The summed E-state index contributed by atoms with van der Waals surface area (Å²) in [6.45, 7) is 6.40. The molecular formula is C22H27Cl2NOZr. The van der Waals surface area contributed by atoms with E-state index < -0.39 is 20.8 Å². The molecule has 144 valence electrons. The Morgan fingerprint density at radius 1 is 1.11 bits per heavy atom. The molecule has 0 radical (unpaired) electrons. The Hall–Kier alpha value is -0.627. The van der Waals surface area contributed by atoms with Gasteiger partial charge in [0.2, 0.25) is 0 Å². The van der Waals surface area contributed by atoms with Crippen molar-refractivity contribution in [1.82, 2.24) is 0 Å². The fourth-order valence-electron chi connectivity index (χ4n) is 3.63. The van der Waals surface area contributed by atoms with E-state index in [9.17, 15) is 5.11 Å². The number of hydrogen-bond donors (Lipinski definition) is 1. The number of aliphatic imine (C=N–C) groups is 1. The van der Waals surface area contributed by atoms with Crippen molar-refractivity contribution in [2.75, 3.05) is 0 Å². The molecule has 0 saturated heterocycles. The summed E-state index contributed by atoms with van der Waals surface area (Å²) in [4.78, 5) is 4.71. The van der Waals surface area contributed by atoms with Crippen molar-refractivity contribution in [2.45, 2.75) is 57.9 Å². The topological polar surface area (TPSA) is 32.6 Å². The van der Waals surface area contributed by atoms with Gasteiger partial charge in [-0.25, -0.2) is 0 Å². The van der Waals surface area contributed by atoms with Gasteiger partial charge in [-0.2, -0.15) is 0 Å². The summed E-state index contributed by atoms with van der Waals surface area (Å²) in [6, 6.07) is 14.9. The second kappa shape index (κ2) is 10.8. The standard InChI is InChI=1S/C22H27NO.2ClH.Zr/c1-16-13-17(15-23-19-11-7-8-12-19)21(24)20(14-16)22(2,3)18-9-5-4-6-10-18;;;/h4-6,9-10,13-15,19,24H,7-8,11-12H2,1-3H3;2*1H;/q;;;+2/p-2. The molecule has 2 aromatic carbocycles. The number of hydrogen-bond acceptors (Lipinski definition) is 2. The third-order valence-corrected chi connectivity index (χ3v) is 5.20. The van der Waals surface area contributed by atoms with Gasteiger partial charge in [0.1, 0.15) is 5.75 Å². The van der Waals surface area contributed by atoms with Crippen molar-refractivity contribution >= 4 is 23.2 Å². The number of aryl methyl sites for hydroxylation is 1. The van der Waals surface area contributed by atoms with Crippen LogP contribution in [0.5, 0.6) is 5.75 Å². The van der Waals surface area contributed by atoms with E-state index in [0.29, 0.717) is 11.8 Å². The number of halogens is 2. The first-order chi connectivity index (χ1) is 12.9. The zero-order valence-electron chi connectivity index (χ0n) is 16.2. The summed E-state index contributed by atoms with van der Waals surface area (Å²) in [5.74, 6) is 0.358. The van der Waals surface area contributed by atoms with Crippen LogP contribution >= 0.6 is 17.0 Å². The van der Waals surface area contributed by atoms with Crippen LogP contribution in [0.25, 0.3) is 0 Å². The summed E-state index contributed by atoms with van der Waals surface area (Å²) in [5, 5.41) is 10.9. The third kappa shape index (κ3) is 6.18. The first kappa shape index (κ1) is 22.7. The predicted octanol–water partition coefficient (Wildman–Crippen LogP) is 6.76. The third-order valence-electron chi connectivity index (χ3n) is 5.20. The van der Waals surface area contributed by atoms with Gasteiger partial charge < -0.3 is 5.11 Å². The Labute approximate surface area is 181 Å². The van der Waals surface area contributed by atoms with Crippen molar-refractivity contribution in [3.8, 4) is 5.75 Å². The van der Waals surface area contributed by atoms with Gasteiger partial charge in [0.05, 0.1) is 0 Å². The van der Waals surface area contributed by atoms with Gasteiger partial charge in [-0.3, -0.25) is 4.99 Å². The number of nitrogens with zero attached hydrogens (tertiary/aromatic N) is 1. The van der Waals surface area contributed by atoms with Crippen LogP contribution in [-0.2, 0) is 26.3 Å². The Morgan fingerprint density at radius 2 is 1.70 bits per heavy atom. The number of phenols is 1. The van der Waals surface area contributed by atoms with Gasteiger partial charge in [0.25, 0.3) is 0 Å². The van der Waals surface area contributed by atoms with Crippen molar-refractivity contribution in [3.63, 3.8) is 0 Å². The molecular weight excluding hydrogens is 456 g/mol. The number of phenolic OH excluding ortho intramolecular Hbond substituents is 1. The van der Waals surface area contributed by atoms with Gasteiger partial charge in [-0.15, -0.1) is 0 Å². The molecule has 0 unspecified atom stereocenters. The second-order valence-corrected chi connectivity index (χ2v) is 11.3. The van der Waals surface area contributed by atoms with Crippen molar-refractivity contribution in [1.29, 1.82) is 0 Å². The zero-order chi connectivity index (χ0) is 19.9. The second-order valence-electron chi connectivity index (χ2n) is 7.53. The molecule has 27 heavy (non-hydrogen) atoms. The minimum atomic E-state index is -0.826. The molecule has 3 rings (SSSR count). The average Bonchev–Trinajstić information content (AvgIpc) is 3.17. The van der Waals surface area contributed by atoms with Crippen LogP contribution < -0.4 is 0 Å². The molecule has 0 heterocycles. The van der Waals surface area contributed by atoms with E-state index in [-0.39, 0.29) is 5.41 Å². The van der Waals surface area contributed by atoms with Crippen molar-refractivity contribution < 1.29 is 26.0 Å². The monoisotopic (exact) mass is 481 g/mol. The molecule has 0 amide bonds. The van der Waals surface area contributed by atoms with Crippen LogP contribution in [0.3, 0.4) is 0 Å². The molecule has 0 spiro atoms. The van der Waals surface area contributed by atoms with Crippen LogP contribution in [-0.4, -0.2) is 17.4 Å². The Morgan fingerprint density at radius 3 is 2.30 bits per heavy atom. The SMILES string of the molecule is Cc1cc(C=NC2CCCC2)c(O)c(C(C)(C)c2ccccc2)c1.[Cl][Zr][Cl]. The molecule has 2 nitrogen and oxygen atoms in total. The Kier molecular flexibility index (Phi) is 9.06. The number of aromatic hydroxyl groups is 1. The van der Waals surface area contributed by atoms with E-state index >= 15 is 0 Å². The minimum absolute atomic E-state index is 0.257. The quantitative estimate of drug-likeness (QED) is 0.479. The van der Waals surface area contributed by atoms with Gasteiger partial charge in [-0.05, 0) is 37.0 Å². The molecule has 1 aliphatic rings. The fraction of sp³-hybridized carbons (Fsp3) is 0.409. The first-order valence-corrected chi connectivity index (χ1v) is 15.6. The number of benzene rings is 2. The summed E-state index contributed by atoms with van der Waals surface area (Å²) < 4.78 is 0. The molecule has 1 N–H and O–H groups in total. The summed E-state index contributed by atoms with van der Waals surface area (Å²) >= 11 is -0.826. The van der Waals surface area contributed by atoms with Crippen molar-refractivity contribution in [2.24, 2.45) is 4.99 Å². The van der Waals surface area contributed by atoms with Crippen LogP contribution in [0.2, 0.25) is 0 Å². The molecule has 0 aromatic heterocycles. The van der Waals surface area contributed by atoms with Crippen molar-refractivity contribution in [3.05, 3.63) is 64.7 Å². The summed E-state index contributed by atoms with van der Waals surface area (Å²) in [6.07, 6.45) is 6.77. The van der Waals surface area contributed by atoms with E-state index in [1.807, 2.05) is 30.5 Å². The average molecular weight is 484 g/mol. The summed E-state index contributed by atoms with van der Waals surface area (Å²) in [5.41, 5.74) is 3.89. The van der Waals surface area contributed by atoms with E-state index in [1.165, 1.54) is 31.2 Å². The predicted molar refractivity (Wildman–Crippen MR) is 113 cm³/mol. The van der Waals surface area contributed by atoms with E-state index in [4.69, 9.17) is 22.0 Å². The molecule has 1 fully saturated rings. The molecule has 1 saturated carbocycles. The first-order valence-electron chi connectivity index (χ1n) is 9.29. The van der Waals surface area contributed by atoms with Gasteiger partial charge in [-0.1, -0.05) is 63.1 Å². The molecule has 0 bridgehead atoms. The van der Waals surface area contributed by atoms with Crippen LogP contribution in [0, 0.1) is 6.92 Å². The molecule has 5 heteroatoms. The normalized spacial score (nSPS) is 14.9. The fourth-order valence-corrected chi connectivity index (χ4v) is 3.63. The number of rotatable bonds is 4. The molecule has 0 aliphatic heterocycles. The zero-order valence-corrected chi connectivity index (χ0v) is 20.1. The van der Waals surface area contributed by atoms with Gasteiger partial charge in [0.15, 0.2) is 0 Å². The summed E-state index contributed by atoms with van der Waals surface area (Å²) in [7, 11) is 9.87. The van der Waals surface area contributed by atoms with E-state index in [2.05, 4.69) is 39.0 Å². The maximum absolute atomic E-state index is 10.9. The van der Waals surface area contributed by atoms with Gasteiger partial charge >= 0.3 is 37.9 Å². The van der Waals surface area contributed by atoms with Crippen LogP contribution in [0.1, 0.15) is 61.8 Å². The molecule has 0 atom stereocenters. The Balaban J connectivity index is 0.000000817. The van der Waals surface area contributed by atoms with Gasteiger partial charge in [0, 0.05) is 28.8 Å². The Bertz CT molecular complexity index is 756. The van der Waals surface area contributed by atoms with Crippen LogP contribution in [0.4, 0.5) is 0 Å². The molecule has 2 aromatic rings.